The third-order valence-electron chi connectivity index (χ3n) is 5.93. The van der Waals surface area contributed by atoms with Crippen LogP contribution < -0.4 is 0 Å². The zero-order valence-electron chi connectivity index (χ0n) is 15.2. The Bertz CT molecular complexity index is 853. The first-order valence-electron chi connectivity index (χ1n) is 9.45. The molecule has 1 aliphatic carbocycles. The Morgan fingerprint density at radius 3 is 2.93 bits per heavy atom. The molecule has 1 amide bonds. The summed E-state index contributed by atoms with van der Waals surface area (Å²) < 4.78 is 12.2. The molecular formula is C20H22N4O3. The Labute approximate surface area is 157 Å². The molecule has 0 bridgehead atoms. The summed E-state index contributed by atoms with van der Waals surface area (Å²) in [7, 11) is 0. The zero-order valence-corrected chi connectivity index (χ0v) is 15.2. The number of ether oxygens (including phenoxy) is 2. The van der Waals surface area contributed by atoms with Gasteiger partial charge in [0, 0.05) is 31.4 Å². The van der Waals surface area contributed by atoms with E-state index in [1.807, 2.05) is 24.0 Å². The average Bonchev–Trinajstić information content (AvgIpc) is 3.19. The van der Waals surface area contributed by atoms with E-state index in [-0.39, 0.29) is 24.3 Å². The van der Waals surface area contributed by atoms with Crippen LogP contribution in [-0.4, -0.2) is 43.7 Å². The lowest BCUT2D eigenvalue weighted by Gasteiger charge is -2.42. The lowest BCUT2D eigenvalue weighted by atomic mass is 9.76. The van der Waals surface area contributed by atoms with Gasteiger partial charge in [0.15, 0.2) is 5.60 Å². The second kappa shape index (κ2) is 6.35. The minimum absolute atomic E-state index is 0.0327. The third-order valence-corrected chi connectivity index (χ3v) is 5.93. The van der Waals surface area contributed by atoms with Crippen molar-refractivity contribution in [2.75, 3.05) is 0 Å². The summed E-state index contributed by atoms with van der Waals surface area (Å²) in [5, 5.41) is 0. The lowest BCUT2D eigenvalue weighted by Crippen LogP contribution is -2.54. The van der Waals surface area contributed by atoms with Gasteiger partial charge in [-0.25, -0.2) is 0 Å². The highest BCUT2D eigenvalue weighted by molar-refractivity contribution is 5.89. The number of fused-ring (bicyclic) bond motifs is 1. The van der Waals surface area contributed by atoms with E-state index in [0.29, 0.717) is 19.4 Å². The van der Waals surface area contributed by atoms with E-state index >= 15 is 0 Å². The molecule has 2 aromatic rings. The normalized spacial score (nSPS) is 32.0. The zero-order chi connectivity index (χ0) is 18.4. The molecule has 1 saturated carbocycles. The predicted molar refractivity (Wildman–Crippen MR) is 95.2 cm³/mol. The third kappa shape index (κ3) is 2.73. The van der Waals surface area contributed by atoms with Crippen LogP contribution >= 0.6 is 0 Å². The number of rotatable bonds is 4. The van der Waals surface area contributed by atoms with Crippen LogP contribution in [-0.2, 0) is 20.9 Å². The minimum atomic E-state index is -0.713. The molecule has 0 N–H and O–H groups in total. The van der Waals surface area contributed by atoms with Crippen LogP contribution in [0.3, 0.4) is 0 Å². The molecule has 4 heterocycles. The van der Waals surface area contributed by atoms with Crippen molar-refractivity contribution in [3.63, 3.8) is 0 Å². The molecular weight excluding hydrogens is 344 g/mol. The average molecular weight is 366 g/mol. The van der Waals surface area contributed by atoms with Gasteiger partial charge in [-0.3, -0.25) is 19.7 Å². The van der Waals surface area contributed by atoms with Gasteiger partial charge in [0.2, 0.25) is 0 Å². The summed E-state index contributed by atoms with van der Waals surface area (Å²) in [6.45, 7) is 2.50. The fourth-order valence-corrected chi connectivity index (χ4v) is 4.42. The highest BCUT2D eigenvalue weighted by atomic mass is 16.6. The second-order valence-corrected chi connectivity index (χ2v) is 7.61. The number of nitrogens with zero attached hydrogens (tertiary/aromatic N) is 4. The maximum atomic E-state index is 13.1. The topological polar surface area (TPSA) is 77.4 Å². The molecule has 2 aromatic heterocycles. The molecule has 1 spiro atoms. The highest BCUT2D eigenvalue weighted by Gasteiger charge is 2.63. The fraction of sp³-hybridized carbons (Fsp3) is 0.500. The summed E-state index contributed by atoms with van der Waals surface area (Å²) in [6, 6.07) is 3.91. The quantitative estimate of drug-likeness (QED) is 0.826. The molecule has 0 radical (unpaired) electrons. The molecule has 7 nitrogen and oxygen atoms in total. The molecule has 2 saturated heterocycles. The van der Waals surface area contributed by atoms with E-state index in [9.17, 15) is 4.79 Å². The van der Waals surface area contributed by atoms with E-state index in [1.165, 1.54) is 0 Å². The summed E-state index contributed by atoms with van der Waals surface area (Å²) in [5.41, 5.74) is 2.19. The number of aryl methyl sites for hydroxylation is 1. The Balaban J connectivity index is 1.23. The summed E-state index contributed by atoms with van der Waals surface area (Å²) >= 11 is 0. The van der Waals surface area contributed by atoms with Crippen molar-refractivity contribution in [3.05, 3.63) is 53.9 Å². The van der Waals surface area contributed by atoms with Gasteiger partial charge in [0.25, 0.3) is 5.91 Å². The van der Waals surface area contributed by atoms with Gasteiger partial charge in [-0.15, -0.1) is 0 Å². The van der Waals surface area contributed by atoms with Crippen molar-refractivity contribution >= 4 is 5.91 Å². The molecule has 2 atom stereocenters. The maximum absolute atomic E-state index is 13.1. The van der Waals surface area contributed by atoms with Crippen LogP contribution in [0.1, 0.15) is 48.7 Å². The molecule has 3 fully saturated rings. The van der Waals surface area contributed by atoms with Crippen LogP contribution in [0.15, 0.2) is 36.9 Å². The van der Waals surface area contributed by atoms with Gasteiger partial charge in [0.1, 0.15) is 6.23 Å². The van der Waals surface area contributed by atoms with E-state index in [4.69, 9.17) is 9.47 Å². The van der Waals surface area contributed by atoms with E-state index in [2.05, 4.69) is 15.0 Å². The number of hydrogen-bond donors (Lipinski definition) is 0. The number of carbonyl (C=O) groups excluding carboxylic acids is 1. The molecule has 5 rings (SSSR count). The monoisotopic (exact) mass is 366 g/mol. The molecule has 140 valence electrons. The van der Waals surface area contributed by atoms with Crippen LogP contribution in [0.2, 0.25) is 0 Å². The van der Waals surface area contributed by atoms with Gasteiger partial charge >= 0.3 is 0 Å². The van der Waals surface area contributed by atoms with Gasteiger partial charge in [-0.1, -0.05) is 6.07 Å². The predicted octanol–water partition coefficient (Wildman–Crippen LogP) is 2.32. The number of carbonyl (C=O) groups is 1. The van der Waals surface area contributed by atoms with Crippen molar-refractivity contribution in [2.45, 2.75) is 63.2 Å². The number of hydrogen-bond acceptors (Lipinski definition) is 6. The van der Waals surface area contributed by atoms with Crippen LogP contribution in [0.4, 0.5) is 0 Å². The van der Waals surface area contributed by atoms with Gasteiger partial charge in [-0.05, 0) is 31.4 Å². The highest BCUT2D eigenvalue weighted by Crippen LogP contribution is 2.51. The SMILES string of the molecule is Cc1cccnc1COC1CC2(C1)O[C@@H]1CC[C@@H](c3cnccn3)N1C2=O. The number of amides is 1. The molecule has 0 aromatic carbocycles. The maximum Gasteiger partial charge on any atom is 0.257 e. The van der Waals surface area contributed by atoms with Gasteiger partial charge in [0.05, 0.1) is 36.3 Å². The largest absolute Gasteiger partial charge is 0.372 e. The fourth-order valence-electron chi connectivity index (χ4n) is 4.42. The Hall–Kier alpha value is -2.38. The van der Waals surface area contributed by atoms with Crippen LogP contribution in [0.25, 0.3) is 0 Å². The van der Waals surface area contributed by atoms with Crippen molar-refractivity contribution in [2.24, 2.45) is 0 Å². The van der Waals surface area contributed by atoms with Crippen molar-refractivity contribution in [1.82, 2.24) is 19.9 Å². The first-order valence-corrected chi connectivity index (χ1v) is 9.45. The molecule has 7 heteroatoms. The summed E-state index contributed by atoms with van der Waals surface area (Å²) in [5.74, 6) is 0.0783. The first kappa shape index (κ1) is 16.8. The Kier molecular flexibility index (Phi) is 3.94. The van der Waals surface area contributed by atoms with E-state index in [1.54, 1.807) is 24.8 Å². The van der Waals surface area contributed by atoms with E-state index < -0.39 is 5.60 Å². The van der Waals surface area contributed by atoms with Crippen molar-refractivity contribution < 1.29 is 14.3 Å². The summed E-state index contributed by atoms with van der Waals surface area (Å²) in [6.07, 6.45) is 9.65. The van der Waals surface area contributed by atoms with Crippen LogP contribution in [0, 0.1) is 6.92 Å². The van der Waals surface area contributed by atoms with E-state index in [0.717, 1.165) is 29.8 Å². The van der Waals surface area contributed by atoms with Gasteiger partial charge in [-0.2, -0.15) is 0 Å². The molecule has 0 unspecified atom stereocenters. The van der Waals surface area contributed by atoms with Crippen LogP contribution in [0.5, 0.6) is 0 Å². The lowest BCUT2D eigenvalue weighted by molar-refractivity contribution is -0.177. The Morgan fingerprint density at radius 1 is 1.26 bits per heavy atom. The molecule has 3 aliphatic rings. The first-order chi connectivity index (χ1) is 13.2. The molecule has 27 heavy (non-hydrogen) atoms. The second-order valence-electron chi connectivity index (χ2n) is 7.61. The Morgan fingerprint density at radius 2 is 2.15 bits per heavy atom. The minimum Gasteiger partial charge on any atom is -0.372 e. The number of pyridine rings is 1. The van der Waals surface area contributed by atoms with Crippen molar-refractivity contribution in [1.29, 1.82) is 0 Å². The van der Waals surface area contributed by atoms with Gasteiger partial charge < -0.3 is 14.4 Å². The summed E-state index contributed by atoms with van der Waals surface area (Å²) in [4.78, 5) is 27.9. The van der Waals surface area contributed by atoms with Crippen molar-refractivity contribution in [3.8, 4) is 0 Å². The number of aromatic nitrogens is 3. The molecule has 2 aliphatic heterocycles. The standard InChI is InChI=1S/C20H22N4O3/c1-13-3-2-6-22-16(13)12-26-14-9-20(10-14)19(25)24-17(4-5-18(24)27-20)15-11-21-7-8-23-15/h2-3,6-8,11,14,17-18H,4-5,9-10,12H2,1H3/t14?,17-,18+,20?/m0/s1. The smallest absolute Gasteiger partial charge is 0.257 e.